The summed E-state index contributed by atoms with van der Waals surface area (Å²) in [6.07, 6.45) is 1.47. The van der Waals surface area contributed by atoms with Gasteiger partial charge in [-0.3, -0.25) is 9.48 Å². The molecule has 0 bridgehead atoms. The molecule has 10 heteroatoms. The Bertz CT molecular complexity index is 879. The van der Waals surface area contributed by atoms with Crippen molar-refractivity contribution in [3.63, 3.8) is 0 Å². The number of rotatable bonds is 3. The first-order chi connectivity index (χ1) is 12.1. The molecule has 9 nitrogen and oxygen atoms in total. The molecule has 1 saturated heterocycles. The number of hydrogen-bond donors (Lipinski definition) is 1. The van der Waals surface area contributed by atoms with Crippen LogP contribution in [0.5, 0.6) is 0 Å². The summed E-state index contributed by atoms with van der Waals surface area (Å²) in [5.41, 5.74) is -0.520. The van der Waals surface area contributed by atoms with Crippen LogP contribution in [0.25, 0.3) is 0 Å². The number of aromatic nitrogens is 4. The molecule has 0 unspecified atom stereocenters. The summed E-state index contributed by atoms with van der Waals surface area (Å²) in [7, 11) is 1.53. The number of aryl methyl sites for hydroxylation is 1. The highest BCUT2D eigenvalue weighted by Gasteiger charge is 2.35. The minimum absolute atomic E-state index is 0.0712. The highest BCUT2D eigenvalue weighted by molar-refractivity contribution is 6.29. The van der Waals surface area contributed by atoms with Gasteiger partial charge in [0.25, 0.3) is 5.56 Å². The van der Waals surface area contributed by atoms with Gasteiger partial charge >= 0.3 is 6.09 Å². The number of hydrogen-bond acceptors (Lipinski definition) is 6. The summed E-state index contributed by atoms with van der Waals surface area (Å²) < 4.78 is 8.25. The van der Waals surface area contributed by atoms with Gasteiger partial charge in [0.1, 0.15) is 11.3 Å². The van der Waals surface area contributed by atoms with E-state index < -0.39 is 5.60 Å². The number of nitrogens with zero attached hydrogens (tertiary/aromatic N) is 5. The lowest BCUT2D eigenvalue weighted by atomic mass is 10.1. The first kappa shape index (κ1) is 18.2. The smallest absolute Gasteiger partial charge is 0.410 e. The van der Waals surface area contributed by atoms with Gasteiger partial charge in [-0.15, -0.1) is 0 Å². The normalized spacial score (nSPS) is 14.9. The SMILES string of the molecule is Cn1nc(Cl)cc(Nc2ccn(C3CN(C(=O)OC(C)(C)C)C3)n2)c1=O. The number of ether oxygens (including phenoxy) is 1. The van der Waals surface area contributed by atoms with Crippen LogP contribution in [0.3, 0.4) is 0 Å². The van der Waals surface area contributed by atoms with Gasteiger partial charge in [-0.25, -0.2) is 9.48 Å². The zero-order valence-electron chi connectivity index (χ0n) is 15.1. The number of carbonyl (C=O) groups excluding carboxylic acids is 1. The lowest BCUT2D eigenvalue weighted by molar-refractivity contribution is -0.000347. The average molecular weight is 381 g/mol. The Balaban J connectivity index is 1.62. The van der Waals surface area contributed by atoms with Gasteiger partial charge in [0.2, 0.25) is 0 Å². The third kappa shape index (κ3) is 3.98. The molecule has 3 heterocycles. The number of halogens is 1. The van der Waals surface area contributed by atoms with Crippen molar-refractivity contribution in [3.8, 4) is 0 Å². The van der Waals surface area contributed by atoms with Crippen molar-refractivity contribution in [3.05, 3.63) is 33.8 Å². The van der Waals surface area contributed by atoms with E-state index in [0.29, 0.717) is 24.6 Å². The standard InChI is InChI=1S/C16H21ClN6O3/c1-16(2,3)26-15(25)22-8-10(9-22)23-6-5-13(20-23)18-11-7-12(17)19-21(4)14(11)24/h5-7,10H,8-9H2,1-4H3,(H,18,20). The highest BCUT2D eigenvalue weighted by Crippen LogP contribution is 2.24. The van der Waals surface area contributed by atoms with E-state index in [4.69, 9.17) is 16.3 Å². The lowest BCUT2D eigenvalue weighted by Gasteiger charge is -2.39. The van der Waals surface area contributed by atoms with Crippen LogP contribution in [0.1, 0.15) is 26.8 Å². The molecule has 1 fully saturated rings. The van der Waals surface area contributed by atoms with E-state index in [1.165, 1.54) is 13.1 Å². The van der Waals surface area contributed by atoms with Gasteiger partial charge in [-0.05, 0) is 20.8 Å². The maximum atomic E-state index is 12.1. The topological polar surface area (TPSA) is 94.3 Å². The van der Waals surface area contributed by atoms with Crippen LogP contribution in [0.15, 0.2) is 23.1 Å². The zero-order valence-corrected chi connectivity index (χ0v) is 15.8. The molecule has 2 aromatic heterocycles. The van der Waals surface area contributed by atoms with Crippen molar-refractivity contribution in [1.29, 1.82) is 0 Å². The third-order valence-corrected chi connectivity index (χ3v) is 3.98. The quantitative estimate of drug-likeness (QED) is 0.876. The maximum Gasteiger partial charge on any atom is 0.410 e. The Hall–Kier alpha value is -2.55. The van der Waals surface area contributed by atoms with E-state index in [-0.39, 0.29) is 22.8 Å². The molecule has 3 rings (SSSR count). The average Bonchev–Trinajstić information content (AvgIpc) is 2.88. The summed E-state index contributed by atoms with van der Waals surface area (Å²) in [5.74, 6) is 0.514. The van der Waals surface area contributed by atoms with Crippen molar-refractivity contribution < 1.29 is 9.53 Å². The Morgan fingerprint density at radius 1 is 1.35 bits per heavy atom. The van der Waals surface area contributed by atoms with Gasteiger partial charge in [0.05, 0.1) is 6.04 Å². The molecular formula is C16H21ClN6O3. The van der Waals surface area contributed by atoms with Crippen LogP contribution in [-0.2, 0) is 11.8 Å². The fourth-order valence-electron chi connectivity index (χ4n) is 2.51. The van der Waals surface area contributed by atoms with Crippen molar-refractivity contribution in [2.45, 2.75) is 32.4 Å². The Morgan fingerprint density at radius 2 is 2.04 bits per heavy atom. The fraction of sp³-hybridized carbons (Fsp3) is 0.500. The second-order valence-electron chi connectivity index (χ2n) is 7.15. The summed E-state index contributed by atoms with van der Waals surface area (Å²) in [5, 5.41) is 11.4. The van der Waals surface area contributed by atoms with E-state index in [1.807, 2.05) is 20.8 Å². The number of carbonyl (C=O) groups is 1. The molecule has 0 spiro atoms. The lowest BCUT2D eigenvalue weighted by Crippen LogP contribution is -2.52. The third-order valence-electron chi connectivity index (χ3n) is 3.79. The van der Waals surface area contributed by atoms with E-state index in [0.717, 1.165) is 4.68 Å². The molecule has 0 aliphatic carbocycles. The van der Waals surface area contributed by atoms with Crippen molar-refractivity contribution in [2.75, 3.05) is 18.4 Å². The number of nitrogens with one attached hydrogen (secondary N) is 1. The van der Waals surface area contributed by atoms with Crippen LogP contribution in [0, 0.1) is 0 Å². The summed E-state index contributed by atoms with van der Waals surface area (Å²) in [6.45, 7) is 6.56. The van der Waals surface area contributed by atoms with Gasteiger partial charge in [0.15, 0.2) is 11.0 Å². The molecular weight excluding hydrogens is 360 g/mol. The van der Waals surface area contributed by atoms with Crippen LogP contribution in [0.4, 0.5) is 16.3 Å². The Morgan fingerprint density at radius 3 is 2.69 bits per heavy atom. The highest BCUT2D eigenvalue weighted by atomic mass is 35.5. The van der Waals surface area contributed by atoms with E-state index >= 15 is 0 Å². The monoisotopic (exact) mass is 380 g/mol. The first-order valence-corrected chi connectivity index (χ1v) is 8.54. The largest absolute Gasteiger partial charge is 0.444 e. The number of likely N-dealkylation sites (tertiary alicyclic amines) is 1. The summed E-state index contributed by atoms with van der Waals surface area (Å²) in [4.78, 5) is 25.7. The van der Waals surface area contributed by atoms with Crippen LogP contribution >= 0.6 is 11.6 Å². The predicted octanol–water partition coefficient (Wildman–Crippen LogP) is 2.17. The Labute approximate surface area is 155 Å². The maximum absolute atomic E-state index is 12.1. The van der Waals surface area contributed by atoms with Crippen molar-refractivity contribution in [1.82, 2.24) is 24.5 Å². The van der Waals surface area contributed by atoms with Crippen molar-refractivity contribution in [2.24, 2.45) is 7.05 Å². The Kier molecular flexibility index (Phi) is 4.66. The molecule has 1 aliphatic heterocycles. The fourth-order valence-corrected chi connectivity index (χ4v) is 2.73. The minimum Gasteiger partial charge on any atom is -0.444 e. The minimum atomic E-state index is -0.511. The van der Waals surface area contributed by atoms with Gasteiger partial charge in [-0.2, -0.15) is 10.2 Å². The molecule has 140 valence electrons. The summed E-state index contributed by atoms with van der Waals surface area (Å²) >= 11 is 5.88. The molecule has 1 aliphatic rings. The zero-order chi connectivity index (χ0) is 19.1. The molecule has 1 N–H and O–H groups in total. The van der Waals surface area contributed by atoms with Crippen LogP contribution in [0.2, 0.25) is 5.15 Å². The molecule has 2 aromatic rings. The number of amides is 1. The second kappa shape index (κ2) is 6.64. The summed E-state index contributed by atoms with van der Waals surface area (Å²) in [6, 6.07) is 3.28. The molecule has 0 radical (unpaired) electrons. The first-order valence-electron chi connectivity index (χ1n) is 8.16. The van der Waals surface area contributed by atoms with E-state index in [9.17, 15) is 9.59 Å². The molecule has 0 saturated carbocycles. The molecule has 0 aromatic carbocycles. The number of anilines is 2. The van der Waals surface area contributed by atoms with Gasteiger partial charge < -0.3 is 15.0 Å². The van der Waals surface area contributed by atoms with E-state index in [2.05, 4.69) is 15.5 Å². The van der Waals surface area contributed by atoms with Gasteiger partial charge in [0, 0.05) is 38.5 Å². The molecule has 26 heavy (non-hydrogen) atoms. The van der Waals surface area contributed by atoms with Crippen LogP contribution < -0.4 is 10.9 Å². The molecule has 0 atom stereocenters. The predicted molar refractivity (Wildman–Crippen MR) is 96.8 cm³/mol. The molecule has 1 amide bonds. The van der Waals surface area contributed by atoms with E-state index in [1.54, 1.807) is 21.8 Å². The van der Waals surface area contributed by atoms with Crippen molar-refractivity contribution >= 4 is 29.2 Å². The second-order valence-corrected chi connectivity index (χ2v) is 7.54. The van der Waals surface area contributed by atoms with Crippen LogP contribution in [-0.4, -0.2) is 49.2 Å². The van der Waals surface area contributed by atoms with Gasteiger partial charge in [-0.1, -0.05) is 11.6 Å².